The smallest absolute Gasteiger partial charge is 0.258 e. The van der Waals surface area contributed by atoms with Crippen LogP contribution in [0.4, 0.5) is 5.69 Å². The highest BCUT2D eigenvalue weighted by Gasteiger charge is 2.12. The molecule has 0 saturated carbocycles. The van der Waals surface area contributed by atoms with Crippen LogP contribution >= 0.6 is 23.4 Å². The lowest BCUT2D eigenvalue weighted by atomic mass is 10.3. The van der Waals surface area contributed by atoms with Gasteiger partial charge in [0.25, 0.3) is 5.69 Å². The summed E-state index contributed by atoms with van der Waals surface area (Å²) >= 11 is 7.18. The van der Waals surface area contributed by atoms with Gasteiger partial charge in [0.15, 0.2) is 0 Å². The minimum atomic E-state index is -0.383. The zero-order valence-electron chi connectivity index (χ0n) is 9.14. The number of pyridine rings is 1. The van der Waals surface area contributed by atoms with E-state index >= 15 is 0 Å². The summed E-state index contributed by atoms with van der Waals surface area (Å²) in [5, 5.41) is 11.4. The normalized spacial score (nSPS) is 12.4. The molecule has 0 spiro atoms. The maximum Gasteiger partial charge on any atom is 0.276 e. The van der Waals surface area contributed by atoms with E-state index in [0.29, 0.717) is 22.4 Å². The Labute approximate surface area is 104 Å². The number of hydrogen-bond donors (Lipinski definition) is 0. The van der Waals surface area contributed by atoms with E-state index in [0.717, 1.165) is 5.75 Å². The summed E-state index contributed by atoms with van der Waals surface area (Å²) in [7, 11) is 0. The van der Waals surface area contributed by atoms with E-state index in [1.54, 1.807) is 6.92 Å². The van der Waals surface area contributed by atoms with E-state index in [9.17, 15) is 10.1 Å². The Morgan fingerprint density at radius 3 is 2.94 bits per heavy atom. The van der Waals surface area contributed by atoms with Crippen molar-refractivity contribution in [3.8, 4) is 0 Å². The van der Waals surface area contributed by atoms with Gasteiger partial charge in [0.2, 0.25) is 0 Å². The largest absolute Gasteiger partial charge is 0.276 e. The molecule has 0 radical (unpaired) electrons. The van der Waals surface area contributed by atoms with Crippen LogP contribution in [0.25, 0.3) is 0 Å². The molecular weight excluding hydrogens is 248 g/mol. The first-order chi connectivity index (χ1) is 7.54. The van der Waals surface area contributed by atoms with Crippen LogP contribution in [0.2, 0.25) is 0 Å². The van der Waals surface area contributed by atoms with E-state index in [4.69, 9.17) is 11.6 Å². The van der Waals surface area contributed by atoms with Crippen LogP contribution in [0, 0.1) is 23.0 Å². The van der Waals surface area contributed by atoms with Gasteiger partial charge < -0.3 is 0 Å². The number of aromatic nitrogens is 1. The van der Waals surface area contributed by atoms with Crippen LogP contribution in [-0.4, -0.2) is 21.5 Å². The minimum absolute atomic E-state index is 0.121. The van der Waals surface area contributed by atoms with Gasteiger partial charge in [-0.3, -0.25) is 10.1 Å². The van der Waals surface area contributed by atoms with E-state index < -0.39 is 0 Å². The minimum Gasteiger partial charge on any atom is -0.258 e. The van der Waals surface area contributed by atoms with Crippen LogP contribution in [0.1, 0.15) is 12.5 Å². The van der Waals surface area contributed by atoms with E-state index in [-0.39, 0.29) is 10.6 Å². The van der Waals surface area contributed by atoms with Crippen molar-refractivity contribution in [2.24, 2.45) is 5.92 Å². The molecule has 1 rings (SSSR count). The molecule has 88 valence electrons. The second kappa shape index (κ2) is 6.06. The maximum atomic E-state index is 10.7. The van der Waals surface area contributed by atoms with Gasteiger partial charge in [-0.2, -0.15) is 0 Å². The zero-order chi connectivity index (χ0) is 12.1. The number of rotatable bonds is 5. The standard InChI is InChI=1S/C10H13ClN2O2S/c1-7(4-11)6-16-10-3-9(13(14)15)8(2)5-12-10/h3,5,7H,4,6H2,1-2H3. The van der Waals surface area contributed by atoms with E-state index in [1.807, 2.05) is 6.92 Å². The zero-order valence-corrected chi connectivity index (χ0v) is 10.7. The molecule has 1 atom stereocenters. The molecule has 1 aromatic rings. The summed E-state index contributed by atoms with van der Waals surface area (Å²) in [5.41, 5.74) is 0.704. The second-order valence-corrected chi connectivity index (χ2v) is 4.99. The fraction of sp³-hybridized carbons (Fsp3) is 0.500. The number of alkyl halides is 1. The molecule has 1 unspecified atom stereocenters. The molecule has 0 aliphatic rings. The van der Waals surface area contributed by atoms with Crippen molar-refractivity contribution in [2.45, 2.75) is 18.9 Å². The van der Waals surface area contributed by atoms with Crippen molar-refractivity contribution in [3.63, 3.8) is 0 Å². The number of thioether (sulfide) groups is 1. The van der Waals surface area contributed by atoms with Crippen LogP contribution in [0.5, 0.6) is 0 Å². The van der Waals surface area contributed by atoms with Crippen molar-refractivity contribution in [1.29, 1.82) is 0 Å². The number of halogens is 1. The van der Waals surface area contributed by atoms with Gasteiger partial charge in [0.1, 0.15) is 5.03 Å². The molecule has 0 N–H and O–H groups in total. The Morgan fingerprint density at radius 2 is 2.38 bits per heavy atom. The van der Waals surface area contributed by atoms with Crippen molar-refractivity contribution in [1.82, 2.24) is 4.98 Å². The van der Waals surface area contributed by atoms with Crippen molar-refractivity contribution < 1.29 is 4.92 Å². The number of nitrogens with zero attached hydrogens (tertiary/aromatic N) is 2. The van der Waals surface area contributed by atoms with Crippen LogP contribution in [0.3, 0.4) is 0 Å². The molecular formula is C10H13ClN2O2S. The molecule has 0 bridgehead atoms. The Hall–Kier alpha value is -0.810. The van der Waals surface area contributed by atoms with Gasteiger partial charge >= 0.3 is 0 Å². The van der Waals surface area contributed by atoms with Crippen LogP contribution in [-0.2, 0) is 0 Å². The molecule has 0 saturated heterocycles. The number of hydrogen-bond acceptors (Lipinski definition) is 4. The monoisotopic (exact) mass is 260 g/mol. The summed E-state index contributed by atoms with van der Waals surface area (Å²) in [4.78, 5) is 14.5. The summed E-state index contributed by atoms with van der Waals surface area (Å²) in [5.74, 6) is 1.77. The van der Waals surface area contributed by atoms with E-state index in [2.05, 4.69) is 4.98 Å². The highest BCUT2D eigenvalue weighted by molar-refractivity contribution is 7.99. The van der Waals surface area contributed by atoms with E-state index in [1.165, 1.54) is 24.0 Å². The van der Waals surface area contributed by atoms with Gasteiger partial charge in [0.05, 0.1) is 4.92 Å². The topological polar surface area (TPSA) is 56.0 Å². The molecule has 6 heteroatoms. The molecule has 0 aliphatic heterocycles. The molecule has 0 amide bonds. The number of aryl methyl sites for hydroxylation is 1. The molecule has 1 aromatic heterocycles. The molecule has 4 nitrogen and oxygen atoms in total. The van der Waals surface area contributed by atoms with Gasteiger partial charge in [-0.25, -0.2) is 4.98 Å². The summed E-state index contributed by atoms with van der Waals surface area (Å²) in [6.45, 7) is 3.71. The van der Waals surface area contributed by atoms with Gasteiger partial charge in [-0.15, -0.1) is 23.4 Å². The van der Waals surface area contributed by atoms with Gasteiger partial charge in [-0.05, 0) is 12.8 Å². The average molecular weight is 261 g/mol. The van der Waals surface area contributed by atoms with Gasteiger partial charge in [-0.1, -0.05) is 6.92 Å². The Kier molecular flexibility index (Phi) is 5.02. The Balaban J connectivity index is 2.75. The summed E-state index contributed by atoms with van der Waals surface area (Å²) < 4.78 is 0. The predicted octanol–water partition coefficient (Wildman–Crippen LogP) is 3.27. The third-order valence-corrected chi connectivity index (χ3v) is 3.81. The molecule has 16 heavy (non-hydrogen) atoms. The summed E-state index contributed by atoms with van der Waals surface area (Å²) in [6, 6.07) is 1.51. The summed E-state index contributed by atoms with van der Waals surface area (Å²) in [6.07, 6.45) is 1.53. The first-order valence-corrected chi connectivity index (χ1v) is 6.36. The fourth-order valence-corrected chi connectivity index (χ4v) is 2.18. The molecule has 0 aliphatic carbocycles. The maximum absolute atomic E-state index is 10.7. The van der Waals surface area contributed by atoms with Crippen LogP contribution in [0.15, 0.2) is 17.3 Å². The molecule has 0 aromatic carbocycles. The number of nitro groups is 1. The van der Waals surface area contributed by atoms with Gasteiger partial charge in [0, 0.05) is 29.5 Å². The lowest BCUT2D eigenvalue weighted by Crippen LogP contribution is -2.00. The van der Waals surface area contributed by atoms with Crippen LogP contribution < -0.4 is 0 Å². The first kappa shape index (κ1) is 13.3. The van der Waals surface area contributed by atoms with Crippen molar-refractivity contribution >= 4 is 29.1 Å². The predicted molar refractivity (Wildman–Crippen MR) is 66.2 cm³/mol. The third kappa shape index (κ3) is 3.64. The third-order valence-electron chi connectivity index (χ3n) is 2.03. The Morgan fingerprint density at radius 1 is 1.69 bits per heavy atom. The second-order valence-electron chi connectivity index (χ2n) is 3.64. The highest BCUT2D eigenvalue weighted by atomic mass is 35.5. The quantitative estimate of drug-likeness (QED) is 0.353. The molecule has 1 heterocycles. The SMILES string of the molecule is Cc1cnc(SCC(C)CCl)cc1[N+](=O)[O-]. The molecule has 0 fully saturated rings. The lowest BCUT2D eigenvalue weighted by Gasteiger charge is -2.06. The fourth-order valence-electron chi connectivity index (χ4n) is 1.04. The lowest BCUT2D eigenvalue weighted by molar-refractivity contribution is -0.385. The highest BCUT2D eigenvalue weighted by Crippen LogP contribution is 2.25. The first-order valence-electron chi connectivity index (χ1n) is 4.84. The average Bonchev–Trinajstić information content (AvgIpc) is 2.27. The Bertz CT molecular complexity index is 387. The van der Waals surface area contributed by atoms with Crippen molar-refractivity contribution in [2.75, 3.05) is 11.6 Å². The van der Waals surface area contributed by atoms with Crippen molar-refractivity contribution in [3.05, 3.63) is 27.9 Å².